The Morgan fingerprint density at radius 1 is 1.22 bits per heavy atom. The van der Waals surface area contributed by atoms with Crippen LogP contribution in [0.15, 0.2) is 29.2 Å². The fraction of sp³-hybridized carbons (Fsp3) is 0.636. The number of carbonyl (C=O) groups is 1. The number of morpholine rings is 1. The van der Waals surface area contributed by atoms with Crippen LogP contribution >= 0.6 is 0 Å². The van der Waals surface area contributed by atoms with Gasteiger partial charge in [0.25, 0.3) is 0 Å². The summed E-state index contributed by atoms with van der Waals surface area (Å²) in [7, 11) is -3.61. The van der Waals surface area contributed by atoms with Crippen molar-refractivity contribution in [3.05, 3.63) is 24.3 Å². The topological polar surface area (TPSA) is 120 Å². The molecule has 0 aromatic heterocycles. The van der Waals surface area contributed by atoms with Gasteiger partial charge in [-0.05, 0) is 43.0 Å². The molecule has 0 spiro atoms. The molecule has 176 valence electrons. The molecular formula is C22H31N3O6S. The molecule has 1 saturated carbocycles. The third kappa shape index (κ3) is 6.65. The van der Waals surface area contributed by atoms with Crippen LogP contribution in [0.2, 0.25) is 0 Å². The number of ether oxygens (including phenoxy) is 2. The van der Waals surface area contributed by atoms with Gasteiger partial charge in [-0.25, -0.2) is 13.5 Å². The molecule has 1 heterocycles. The highest BCUT2D eigenvalue weighted by molar-refractivity contribution is 7.91. The van der Waals surface area contributed by atoms with Gasteiger partial charge in [0.1, 0.15) is 18.9 Å². The molecule has 32 heavy (non-hydrogen) atoms. The number of hydrogen-bond acceptors (Lipinski definition) is 8. The zero-order chi connectivity index (χ0) is 23.0. The molecule has 10 heteroatoms. The first-order chi connectivity index (χ1) is 15.4. The Morgan fingerprint density at radius 3 is 2.59 bits per heavy atom. The Hall–Kier alpha value is -2.19. The van der Waals surface area contributed by atoms with E-state index < -0.39 is 28.2 Å². The van der Waals surface area contributed by atoms with E-state index in [-0.39, 0.29) is 16.6 Å². The van der Waals surface area contributed by atoms with Crippen LogP contribution < -0.4 is 4.74 Å². The van der Waals surface area contributed by atoms with Crippen molar-refractivity contribution in [3.8, 4) is 11.8 Å². The van der Waals surface area contributed by atoms with Crippen molar-refractivity contribution >= 4 is 15.7 Å². The zero-order valence-electron chi connectivity index (χ0n) is 18.2. The molecule has 9 nitrogen and oxygen atoms in total. The molecule has 1 aliphatic carbocycles. The van der Waals surface area contributed by atoms with E-state index in [1.54, 1.807) is 18.2 Å². The number of carbonyl (C=O) groups excluding carboxylic acids is 1. The van der Waals surface area contributed by atoms with Crippen LogP contribution in [0.4, 0.5) is 0 Å². The van der Waals surface area contributed by atoms with Gasteiger partial charge in [-0.15, -0.1) is 0 Å². The van der Waals surface area contributed by atoms with Crippen LogP contribution in [0.1, 0.15) is 25.7 Å². The van der Waals surface area contributed by atoms with Gasteiger partial charge in [-0.3, -0.25) is 14.9 Å². The average molecular weight is 466 g/mol. The van der Waals surface area contributed by atoms with Gasteiger partial charge in [-0.2, -0.15) is 5.26 Å². The molecule has 2 fully saturated rings. The Morgan fingerprint density at radius 2 is 1.91 bits per heavy atom. The van der Waals surface area contributed by atoms with Crippen LogP contribution in [0.5, 0.6) is 5.75 Å². The Balaban J connectivity index is 1.57. The lowest BCUT2D eigenvalue weighted by molar-refractivity contribution is -0.170. The summed E-state index contributed by atoms with van der Waals surface area (Å²) in [6.45, 7) is 4.10. The number of nitrogens with zero attached hydrogens (tertiary/aromatic N) is 3. The van der Waals surface area contributed by atoms with Crippen LogP contribution in [0.25, 0.3) is 0 Å². The summed E-state index contributed by atoms with van der Waals surface area (Å²) in [5.74, 6) is -1.12. The first-order valence-corrected chi connectivity index (χ1v) is 12.7. The second-order valence-corrected chi connectivity index (χ2v) is 10.3. The second-order valence-electron chi connectivity index (χ2n) is 8.26. The van der Waals surface area contributed by atoms with Crippen LogP contribution in [0.3, 0.4) is 0 Å². The highest BCUT2D eigenvalue weighted by Crippen LogP contribution is 2.33. The van der Waals surface area contributed by atoms with E-state index in [4.69, 9.17) is 14.7 Å². The van der Waals surface area contributed by atoms with Crippen molar-refractivity contribution in [2.75, 3.05) is 51.8 Å². The lowest BCUT2D eigenvalue weighted by atomic mass is 9.79. The van der Waals surface area contributed by atoms with Crippen molar-refractivity contribution in [3.63, 3.8) is 0 Å². The number of amides is 1. The van der Waals surface area contributed by atoms with E-state index in [1.807, 2.05) is 0 Å². The third-order valence-electron chi connectivity index (χ3n) is 6.10. The maximum atomic E-state index is 13.0. The standard InChI is InChI=1S/C22H31N3O6S/c23-9-10-25(27)22(26)21-4-2-1-3-18(21)17-32(28,29)20-7-5-19(6-8-20)31-16-13-24-11-14-30-15-12-24/h5-8,18,21,27H,1-4,10-17H2/t18-,21+/m0/s1. The molecule has 2 atom stereocenters. The molecular weight excluding hydrogens is 434 g/mol. The van der Waals surface area contributed by atoms with E-state index in [1.165, 1.54) is 12.1 Å². The molecule has 1 amide bonds. The fourth-order valence-electron chi connectivity index (χ4n) is 4.31. The average Bonchev–Trinajstić information content (AvgIpc) is 2.80. The van der Waals surface area contributed by atoms with Crippen molar-refractivity contribution < 1.29 is 27.9 Å². The lowest BCUT2D eigenvalue weighted by Crippen LogP contribution is -2.40. The molecule has 0 bridgehead atoms. The first kappa shape index (κ1) is 24.5. The van der Waals surface area contributed by atoms with Crippen LogP contribution in [-0.4, -0.2) is 81.2 Å². The highest BCUT2D eigenvalue weighted by Gasteiger charge is 2.36. The quantitative estimate of drug-likeness (QED) is 0.333. The number of hydrogen-bond donors (Lipinski definition) is 1. The summed E-state index contributed by atoms with van der Waals surface area (Å²) in [6, 6.07) is 8.10. The zero-order valence-corrected chi connectivity index (χ0v) is 19.0. The third-order valence-corrected chi connectivity index (χ3v) is 7.95. The molecule has 1 aromatic carbocycles. The van der Waals surface area contributed by atoms with Crippen LogP contribution in [-0.2, 0) is 19.4 Å². The minimum Gasteiger partial charge on any atom is -0.492 e. The van der Waals surface area contributed by atoms with E-state index in [9.17, 15) is 18.4 Å². The van der Waals surface area contributed by atoms with Gasteiger partial charge in [-0.1, -0.05) is 12.8 Å². The minimum absolute atomic E-state index is 0.166. The molecule has 1 aliphatic heterocycles. The monoisotopic (exact) mass is 465 g/mol. The highest BCUT2D eigenvalue weighted by atomic mass is 32.2. The summed E-state index contributed by atoms with van der Waals surface area (Å²) in [4.78, 5) is 14.9. The minimum atomic E-state index is -3.61. The van der Waals surface area contributed by atoms with Gasteiger partial charge < -0.3 is 9.47 Å². The van der Waals surface area contributed by atoms with E-state index in [0.717, 1.165) is 45.7 Å². The number of hydroxylamine groups is 2. The van der Waals surface area contributed by atoms with E-state index in [0.29, 0.717) is 30.3 Å². The summed E-state index contributed by atoms with van der Waals surface area (Å²) in [5, 5.41) is 18.9. The van der Waals surface area contributed by atoms with Crippen molar-refractivity contribution in [1.29, 1.82) is 5.26 Å². The van der Waals surface area contributed by atoms with Gasteiger partial charge >= 0.3 is 0 Å². The van der Waals surface area contributed by atoms with Crippen LogP contribution in [0, 0.1) is 23.2 Å². The Bertz CT molecular complexity index is 893. The maximum absolute atomic E-state index is 13.0. The normalized spacial score (nSPS) is 22.1. The maximum Gasteiger partial charge on any atom is 0.250 e. The summed E-state index contributed by atoms with van der Waals surface area (Å²) in [5.41, 5.74) is 0. The molecule has 2 aliphatic rings. The first-order valence-electron chi connectivity index (χ1n) is 11.0. The predicted molar refractivity (Wildman–Crippen MR) is 116 cm³/mol. The van der Waals surface area contributed by atoms with Gasteiger partial charge in [0, 0.05) is 25.6 Å². The SMILES string of the molecule is N#CCN(O)C(=O)[C@@H]1CCCC[C@H]1CS(=O)(=O)c1ccc(OCCN2CCOCC2)cc1. The number of benzene rings is 1. The molecule has 0 radical (unpaired) electrons. The van der Waals surface area contributed by atoms with E-state index >= 15 is 0 Å². The molecule has 1 N–H and O–H groups in total. The Labute approximate surface area is 189 Å². The Kier molecular flexibility index (Phi) is 8.87. The molecule has 1 aromatic rings. The number of sulfone groups is 1. The lowest BCUT2D eigenvalue weighted by Gasteiger charge is -2.31. The van der Waals surface area contributed by atoms with Crippen molar-refractivity contribution in [2.24, 2.45) is 11.8 Å². The largest absolute Gasteiger partial charge is 0.492 e. The fourth-order valence-corrected chi connectivity index (χ4v) is 6.01. The second kappa shape index (κ2) is 11.6. The molecule has 3 rings (SSSR count). The molecule has 0 unspecified atom stereocenters. The van der Waals surface area contributed by atoms with Crippen molar-refractivity contribution in [2.45, 2.75) is 30.6 Å². The smallest absolute Gasteiger partial charge is 0.250 e. The molecule has 1 saturated heterocycles. The number of rotatable bonds is 9. The number of nitriles is 1. The summed E-state index contributed by atoms with van der Waals surface area (Å²) in [6.07, 6.45) is 2.74. The predicted octanol–water partition coefficient (Wildman–Crippen LogP) is 1.72. The van der Waals surface area contributed by atoms with E-state index in [2.05, 4.69) is 4.90 Å². The van der Waals surface area contributed by atoms with Gasteiger partial charge in [0.15, 0.2) is 9.84 Å². The van der Waals surface area contributed by atoms with Gasteiger partial charge in [0.2, 0.25) is 5.91 Å². The summed E-state index contributed by atoms with van der Waals surface area (Å²) >= 11 is 0. The summed E-state index contributed by atoms with van der Waals surface area (Å²) < 4.78 is 37.1. The van der Waals surface area contributed by atoms with Gasteiger partial charge in [0.05, 0.1) is 29.9 Å². The van der Waals surface area contributed by atoms with Crippen molar-refractivity contribution in [1.82, 2.24) is 9.96 Å².